The van der Waals surface area contributed by atoms with Gasteiger partial charge in [0.05, 0.1) is 25.7 Å². The minimum Gasteiger partial charge on any atom is -0.478 e. The first-order valence-corrected chi connectivity index (χ1v) is 3.95. The van der Waals surface area contributed by atoms with Crippen molar-refractivity contribution in [3.8, 4) is 0 Å². The first kappa shape index (κ1) is 19.1. The van der Waals surface area contributed by atoms with Crippen molar-refractivity contribution in [2.24, 2.45) is 0 Å². The maximum Gasteiger partial charge on any atom is 0.330 e. The monoisotopic (exact) mass is 218 g/mol. The summed E-state index contributed by atoms with van der Waals surface area (Å²) in [5.41, 5.74) is 0.176. The molecule has 0 aromatic heterocycles. The first-order chi connectivity index (χ1) is 6.97. The number of carboxylic acids is 1. The van der Waals surface area contributed by atoms with Crippen LogP contribution in [0.2, 0.25) is 0 Å². The van der Waals surface area contributed by atoms with Gasteiger partial charge in [0.2, 0.25) is 0 Å². The Hall–Kier alpha value is -1.59. The minimum atomic E-state index is -0.935. The van der Waals surface area contributed by atoms with Crippen LogP contribution in [-0.4, -0.2) is 34.5 Å². The molecule has 15 heavy (non-hydrogen) atoms. The van der Waals surface area contributed by atoms with E-state index in [9.17, 15) is 4.79 Å². The Bertz CT molecular complexity index is 166. The summed E-state index contributed by atoms with van der Waals surface area (Å²) in [4.78, 5) is 9.60. The van der Waals surface area contributed by atoms with Crippen molar-refractivity contribution < 1.29 is 24.9 Å². The van der Waals surface area contributed by atoms with Crippen LogP contribution in [0.4, 0.5) is 0 Å². The van der Waals surface area contributed by atoms with E-state index in [4.69, 9.17) is 15.3 Å². The maximum absolute atomic E-state index is 9.60. The van der Waals surface area contributed by atoms with E-state index in [1.165, 1.54) is 19.4 Å². The van der Waals surface area contributed by atoms with Crippen molar-refractivity contribution in [1.29, 1.82) is 0 Å². The molecule has 0 heterocycles. The molecule has 0 aromatic carbocycles. The van der Waals surface area contributed by atoms with Crippen molar-refractivity contribution in [2.45, 2.75) is 6.92 Å². The van der Waals surface area contributed by atoms with Gasteiger partial charge in [-0.3, -0.25) is 0 Å². The third kappa shape index (κ3) is 45.9. The van der Waals surface area contributed by atoms with E-state index in [2.05, 4.69) is 24.5 Å². The lowest BCUT2D eigenvalue weighted by Gasteiger charge is -1.79. The van der Waals surface area contributed by atoms with Gasteiger partial charge in [-0.2, -0.15) is 0 Å². The van der Waals surface area contributed by atoms with E-state index in [-0.39, 0.29) is 18.8 Å². The fraction of sp³-hybridized carbons (Fsp3) is 0.300. The predicted molar refractivity (Wildman–Crippen MR) is 58.1 cm³/mol. The molecule has 0 radical (unpaired) electrons. The van der Waals surface area contributed by atoms with Gasteiger partial charge in [0.15, 0.2) is 0 Å². The molecule has 5 nitrogen and oxygen atoms in total. The molecule has 0 saturated heterocycles. The maximum atomic E-state index is 9.60. The first-order valence-electron chi connectivity index (χ1n) is 3.95. The Kier molecular flexibility index (Phi) is 23.2. The number of ether oxygens (including phenoxy) is 1. The Morgan fingerprint density at radius 3 is 1.53 bits per heavy atom. The Balaban J connectivity index is -0.000000147. The number of hydrogen-bond acceptors (Lipinski definition) is 4. The quantitative estimate of drug-likeness (QED) is 0.482. The zero-order chi connectivity index (χ0) is 12.7. The SMILES string of the molecule is C=C(C)C(=O)O.C=COC=C.OCCO. The number of carbonyl (C=O) groups is 1. The van der Waals surface area contributed by atoms with Gasteiger partial charge in [-0.25, -0.2) is 4.79 Å². The van der Waals surface area contributed by atoms with E-state index < -0.39 is 5.97 Å². The molecule has 0 aliphatic carbocycles. The van der Waals surface area contributed by atoms with Crippen LogP contribution in [0.3, 0.4) is 0 Å². The molecule has 5 heteroatoms. The second kappa shape index (κ2) is 18.2. The third-order valence-corrected chi connectivity index (χ3v) is 0.658. The molecular formula is C10H18O5. The highest BCUT2D eigenvalue weighted by atomic mass is 16.5. The Labute approximate surface area is 89.6 Å². The zero-order valence-corrected chi connectivity index (χ0v) is 8.85. The van der Waals surface area contributed by atoms with Crippen LogP contribution < -0.4 is 0 Å². The van der Waals surface area contributed by atoms with Gasteiger partial charge in [0.1, 0.15) is 0 Å². The lowest BCUT2D eigenvalue weighted by molar-refractivity contribution is -0.132. The van der Waals surface area contributed by atoms with Gasteiger partial charge in [-0.05, 0) is 6.92 Å². The number of aliphatic hydroxyl groups is 2. The highest BCUT2D eigenvalue weighted by Crippen LogP contribution is 1.81. The van der Waals surface area contributed by atoms with Crippen LogP contribution in [0.1, 0.15) is 6.92 Å². The zero-order valence-electron chi connectivity index (χ0n) is 8.85. The lowest BCUT2D eigenvalue weighted by atomic mass is 10.4. The molecule has 0 aromatic rings. The molecule has 0 aliphatic rings. The fourth-order valence-electron chi connectivity index (χ4n) is 0.0680. The summed E-state index contributed by atoms with van der Waals surface area (Å²) in [5, 5.41) is 23.1. The second-order valence-electron chi connectivity index (χ2n) is 2.00. The van der Waals surface area contributed by atoms with E-state index in [1.54, 1.807) is 0 Å². The minimum absolute atomic E-state index is 0.125. The van der Waals surface area contributed by atoms with Gasteiger partial charge in [-0.1, -0.05) is 19.7 Å². The average Bonchev–Trinajstić information content (AvgIpc) is 2.20. The van der Waals surface area contributed by atoms with Crippen LogP contribution in [0.25, 0.3) is 0 Å². The van der Waals surface area contributed by atoms with Gasteiger partial charge >= 0.3 is 5.97 Å². The van der Waals surface area contributed by atoms with E-state index in [0.717, 1.165) is 0 Å². The van der Waals surface area contributed by atoms with Crippen molar-refractivity contribution in [1.82, 2.24) is 0 Å². The van der Waals surface area contributed by atoms with Crippen LogP contribution in [0.15, 0.2) is 37.8 Å². The summed E-state index contributed by atoms with van der Waals surface area (Å²) >= 11 is 0. The summed E-state index contributed by atoms with van der Waals surface area (Å²) in [6.45, 7) is 10.9. The van der Waals surface area contributed by atoms with Crippen molar-refractivity contribution in [3.63, 3.8) is 0 Å². The number of hydrogen-bond donors (Lipinski definition) is 3. The van der Waals surface area contributed by atoms with Crippen LogP contribution in [0, 0.1) is 0 Å². The largest absolute Gasteiger partial charge is 0.478 e. The second-order valence-corrected chi connectivity index (χ2v) is 2.00. The van der Waals surface area contributed by atoms with E-state index >= 15 is 0 Å². The Morgan fingerprint density at radius 2 is 1.53 bits per heavy atom. The fourth-order valence-corrected chi connectivity index (χ4v) is 0.0680. The smallest absolute Gasteiger partial charge is 0.330 e. The Morgan fingerprint density at radius 1 is 1.27 bits per heavy atom. The summed E-state index contributed by atoms with van der Waals surface area (Å²) < 4.78 is 4.36. The summed E-state index contributed by atoms with van der Waals surface area (Å²) in [6, 6.07) is 0. The summed E-state index contributed by atoms with van der Waals surface area (Å²) in [7, 11) is 0. The molecule has 0 fully saturated rings. The van der Waals surface area contributed by atoms with E-state index in [1.807, 2.05) is 0 Å². The van der Waals surface area contributed by atoms with E-state index in [0.29, 0.717) is 0 Å². The number of aliphatic hydroxyl groups excluding tert-OH is 2. The number of rotatable bonds is 4. The molecule has 88 valence electrons. The molecule has 0 amide bonds. The van der Waals surface area contributed by atoms with Crippen molar-refractivity contribution >= 4 is 5.97 Å². The normalized spacial score (nSPS) is 6.87. The highest BCUT2D eigenvalue weighted by Gasteiger charge is 1.90. The number of carboxylic acid groups (broad SMARTS) is 1. The molecule has 0 saturated carbocycles. The van der Waals surface area contributed by atoms with Gasteiger partial charge in [0, 0.05) is 5.57 Å². The molecule has 0 bridgehead atoms. The predicted octanol–water partition coefficient (Wildman–Crippen LogP) is 0.908. The summed E-state index contributed by atoms with van der Waals surface area (Å²) in [6.07, 6.45) is 2.62. The van der Waals surface area contributed by atoms with Gasteiger partial charge in [-0.15, -0.1) is 0 Å². The van der Waals surface area contributed by atoms with Gasteiger partial charge < -0.3 is 20.1 Å². The number of aliphatic carboxylic acids is 1. The van der Waals surface area contributed by atoms with Crippen LogP contribution in [-0.2, 0) is 9.53 Å². The third-order valence-electron chi connectivity index (χ3n) is 0.658. The standard InChI is InChI=1S/C4H6O2.C4H6O.C2H6O2/c1-3(2)4(5)6;1-3-5-4-2;3-1-2-4/h1H2,2H3,(H,5,6);3-4H,1-2H2;3-4H,1-2H2. The average molecular weight is 218 g/mol. The topological polar surface area (TPSA) is 87.0 Å². The summed E-state index contributed by atoms with van der Waals surface area (Å²) in [5.74, 6) is -0.935. The van der Waals surface area contributed by atoms with Crippen LogP contribution >= 0.6 is 0 Å². The molecular weight excluding hydrogens is 200 g/mol. The molecule has 0 aliphatic heterocycles. The van der Waals surface area contributed by atoms with Crippen molar-refractivity contribution in [3.05, 3.63) is 37.8 Å². The molecule has 0 atom stereocenters. The molecule has 0 rings (SSSR count). The lowest BCUT2D eigenvalue weighted by Crippen LogP contribution is -1.92. The highest BCUT2D eigenvalue weighted by molar-refractivity contribution is 5.84. The van der Waals surface area contributed by atoms with Gasteiger partial charge in [0.25, 0.3) is 0 Å². The molecule has 3 N–H and O–H groups in total. The molecule has 0 spiro atoms. The molecule has 0 unspecified atom stereocenters. The van der Waals surface area contributed by atoms with Crippen LogP contribution in [0.5, 0.6) is 0 Å². The van der Waals surface area contributed by atoms with Crippen molar-refractivity contribution in [2.75, 3.05) is 13.2 Å².